The summed E-state index contributed by atoms with van der Waals surface area (Å²) in [7, 11) is 1.48. The Kier molecular flexibility index (Phi) is 9.77. The molecule has 3 heterocycles. The molecule has 0 unspecified atom stereocenters. The molecule has 252 valence electrons. The van der Waals surface area contributed by atoms with Crippen molar-refractivity contribution in [3.63, 3.8) is 0 Å². The number of carboxylic acid groups (broad SMARTS) is 1. The number of para-hydroxylation sites is 1. The van der Waals surface area contributed by atoms with E-state index >= 15 is 0 Å². The molecule has 4 aliphatic rings. The summed E-state index contributed by atoms with van der Waals surface area (Å²) < 4.78 is 17.4. The maximum atomic E-state index is 14.0. The van der Waals surface area contributed by atoms with Gasteiger partial charge in [0.2, 0.25) is 17.7 Å². The average Bonchev–Trinajstić information content (AvgIpc) is 3.32. The van der Waals surface area contributed by atoms with E-state index in [1.807, 2.05) is 18.2 Å². The molecule has 2 saturated carbocycles. The van der Waals surface area contributed by atoms with Crippen LogP contribution in [0.2, 0.25) is 5.02 Å². The molecule has 3 amide bonds. The van der Waals surface area contributed by atoms with Gasteiger partial charge in [-0.3, -0.25) is 9.59 Å². The fraction of sp³-hybridized carbons (Fsp3) is 0.559. The molecule has 47 heavy (non-hydrogen) atoms. The number of aliphatic carboxylic acids is 1. The summed E-state index contributed by atoms with van der Waals surface area (Å²) in [5.74, 6) is -1.62. The van der Waals surface area contributed by atoms with Crippen LogP contribution in [0.5, 0.6) is 11.6 Å². The lowest BCUT2D eigenvalue weighted by atomic mass is 10.0. The molecule has 13 heteroatoms. The number of nitrogens with zero attached hydrogens (tertiary/aromatic N) is 2. The van der Waals surface area contributed by atoms with E-state index in [1.165, 1.54) is 12.0 Å². The molecular formula is C34H41ClN4O8. The highest BCUT2D eigenvalue weighted by Gasteiger charge is 2.61. The SMILES string of the molecule is COc1cc(O[C@@H]2C[C@H]3C(=O)N[C@]4(C(=O)O)C[C@@H]4/C=C\CCCC[C@H](NC(=O)OC4CCCC4)CC(=O)N3C2)c2cccc(Cl)c2n1. The number of amides is 3. The number of fused-ring (bicyclic) bond motifs is 3. The van der Waals surface area contributed by atoms with Gasteiger partial charge in [-0.15, -0.1) is 0 Å². The third-order valence-corrected chi connectivity index (χ3v) is 10.0. The minimum atomic E-state index is -1.42. The quantitative estimate of drug-likeness (QED) is 0.369. The summed E-state index contributed by atoms with van der Waals surface area (Å²) in [6, 6.07) is 5.45. The number of carboxylic acids is 1. The van der Waals surface area contributed by atoms with Crippen LogP contribution < -0.4 is 20.1 Å². The predicted molar refractivity (Wildman–Crippen MR) is 172 cm³/mol. The number of carbonyl (C=O) groups is 4. The van der Waals surface area contributed by atoms with Crippen LogP contribution in [0.15, 0.2) is 36.4 Å². The van der Waals surface area contributed by atoms with Crippen molar-refractivity contribution in [2.45, 2.75) is 100 Å². The Morgan fingerprint density at radius 1 is 1.13 bits per heavy atom. The largest absolute Gasteiger partial charge is 0.488 e. The zero-order valence-corrected chi connectivity index (χ0v) is 27.2. The van der Waals surface area contributed by atoms with Crippen LogP contribution in [-0.4, -0.2) is 82.4 Å². The lowest BCUT2D eigenvalue weighted by molar-refractivity contribution is -0.145. The summed E-state index contributed by atoms with van der Waals surface area (Å²) in [6.07, 6.45) is 9.44. The van der Waals surface area contributed by atoms with Gasteiger partial charge in [0.15, 0.2) is 0 Å². The Morgan fingerprint density at radius 3 is 2.68 bits per heavy atom. The first kappa shape index (κ1) is 32.9. The number of benzene rings is 1. The van der Waals surface area contributed by atoms with Gasteiger partial charge in [-0.25, -0.2) is 14.6 Å². The average molecular weight is 669 g/mol. The zero-order valence-electron chi connectivity index (χ0n) is 26.4. The number of alkyl carbamates (subject to hydrolysis) is 1. The molecule has 1 aromatic heterocycles. The molecule has 3 fully saturated rings. The summed E-state index contributed by atoms with van der Waals surface area (Å²) in [5.41, 5.74) is -0.930. The first-order valence-electron chi connectivity index (χ1n) is 16.5. The van der Waals surface area contributed by atoms with Crippen molar-refractivity contribution in [1.82, 2.24) is 20.5 Å². The van der Waals surface area contributed by atoms with Gasteiger partial charge in [-0.1, -0.05) is 36.2 Å². The molecule has 2 aliphatic heterocycles. The van der Waals surface area contributed by atoms with Crippen LogP contribution in [0.3, 0.4) is 0 Å². The van der Waals surface area contributed by atoms with E-state index in [0.29, 0.717) is 28.1 Å². The van der Waals surface area contributed by atoms with Gasteiger partial charge in [-0.05, 0) is 63.5 Å². The van der Waals surface area contributed by atoms with E-state index in [-0.39, 0.29) is 49.6 Å². The topological polar surface area (TPSA) is 156 Å². The molecule has 1 saturated heterocycles. The fourth-order valence-corrected chi connectivity index (χ4v) is 7.26. The summed E-state index contributed by atoms with van der Waals surface area (Å²) >= 11 is 6.42. The second-order valence-electron chi connectivity index (χ2n) is 13.0. The van der Waals surface area contributed by atoms with Crippen LogP contribution in [0, 0.1) is 5.92 Å². The first-order chi connectivity index (χ1) is 22.7. The molecule has 3 N–H and O–H groups in total. The van der Waals surface area contributed by atoms with Gasteiger partial charge < -0.3 is 34.9 Å². The van der Waals surface area contributed by atoms with Crippen molar-refractivity contribution in [2.24, 2.45) is 5.92 Å². The molecule has 0 bridgehead atoms. The van der Waals surface area contributed by atoms with Crippen LogP contribution in [0.25, 0.3) is 10.9 Å². The molecule has 0 radical (unpaired) electrons. The van der Waals surface area contributed by atoms with Gasteiger partial charge in [-0.2, -0.15) is 0 Å². The Hall–Kier alpha value is -4.06. The van der Waals surface area contributed by atoms with Gasteiger partial charge in [0.05, 0.1) is 24.2 Å². The van der Waals surface area contributed by atoms with Gasteiger partial charge >= 0.3 is 12.1 Å². The maximum Gasteiger partial charge on any atom is 0.407 e. The number of ether oxygens (including phenoxy) is 3. The number of allylic oxidation sites excluding steroid dienone is 1. The molecule has 0 spiro atoms. The van der Waals surface area contributed by atoms with Gasteiger partial charge in [0.1, 0.15) is 29.5 Å². The summed E-state index contributed by atoms with van der Waals surface area (Å²) in [6.45, 7) is 0.0757. The second-order valence-corrected chi connectivity index (χ2v) is 13.4. The lowest BCUT2D eigenvalue weighted by Crippen LogP contribution is -2.53. The van der Waals surface area contributed by atoms with E-state index in [1.54, 1.807) is 18.2 Å². The number of pyridine rings is 1. The third kappa shape index (κ3) is 7.27. The van der Waals surface area contributed by atoms with E-state index in [9.17, 15) is 24.3 Å². The van der Waals surface area contributed by atoms with Crippen LogP contribution >= 0.6 is 11.6 Å². The molecule has 6 rings (SSSR count). The van der Waals surface area contributed by atoms with Crippen molar-refractivity contribution in [3.8, 4) is 11.6 Å². The number of aromatic nitrogens is 1. The molecule has 2 aromatic rings. The van der Waals surface area contributed by atoms with Crippen molar-refractivity contribution >= 4 is 46.4 Å². The van der Waals surface area contributed by atoms with Gasteiger partial charge in [0, 0.05) is 36.3 Å². The second kappa shape index (κ2) is 14.0. The number of nitrogens with one attached hydrogen (secondary N) is 2. The number of hydrogen-bond acceptors (Lipinski definition) is 8. The first-order valence-corrected chi connectivity index (χ1v) is 16.8. The fourth-order valence-electron chi connectivity index (χ4n) is 7.04. The molecule has 5 atom stereocenters. The van der Waals surface area contributed by atoms with E-state index in [2.05, 4.69) is 15.6 Å². The maximum absolute atomic E-state index is 14.0. The van der Waals surface area contributed by atoms with E-state index in [4.69, 9.17) is 25.8 Å². The number of carbonyl (C=O) groups excluding carboxylic acids is 3. The summed E-state index contributed by atoms with van der Waals surface area (Å²) in [4.78, 5) is 58.9. The van der Waals surface area contributed by atoms with Gasteiger partial charge in [0.25, 0.3) is 0 Å². The molecule has 12 nitrogen and oxygen atoms in total. The number of hydrogen-bond donors (Lipinski definition) is 3. The van der Waals surface area contributed by atoms with Crippen molar-refractivity contribution in [3.05, 3.63) is 41.4 Å². The van der Waals surface area contributed by atoms with Crippen molar-refractivity contribution < 1.29 is 38.5 Å². The van der Waals surface area contributed by atoms with Crippen molar-refractivity contribution in [1.29, 1.82) is 0 Å². The highest BCUT2D eigenvalue weighted by molar-refractivity contribution is 6.35. The van der Waals surface area contributed by atoms with E-state index in [0.717, 1.165) is 44.9 Å². The zero-order chi connectivity index (χ0) is 33.1. The Morgan fingerprint density at radius 2 is 1.91 bits per heavy atom. The number of methoxy groups -OCH3 is 1. The summed E-state index contributed by atoms with van der Waals surface area (Å²) in [5, 5.41) is 16.8. The van der Waals surface area contributed by atoms with Crippen LogP contribution in [0.4, 0.5) is 4.79 Å². The minimum absolute atomic E-state index is 0.0412. The predicted octanol–water partition coefficient (Wildman–Crippen LogP) is 4.76. The highest BCUT2D eigenvalue weighted by atomic mass is 35.5. The number of halogens is 1. The normalized spacial score (nSPS) is 29.1. The molecule has 1 aromatic carbocycles. The van der Waals surface area contributed by atoms with E-state index < -0.39 is 41.7 Å². The minimum Gasteiger partial charge on any atom is -0.488 e. The number of rotatable bonds is 6. The highest BCUT2D eigenvalue weighted by Crippen LogP contribution is 2.45. The van der Waals surface area contributed by atoms with Crippen molar-refractivity contribution in [2.75, 3.05) is 13.7 Å². The monoisotopic (exact) mass is 668 g/mol. The van der Waals surface area contributed by atoms with Crippen LogP contribution in [-0.2, 0) is 19.1 Å². The smallest absolute Gasteiger partial charge is 0.407 e. The van der Waals surface area contributed by atoms with Crippen LogP contribution in [0.1, 0.15) is 70.6 Å². The third-order valence-electron chi connectivity index (χ3n) is 9.72. The standard InChI is InChI=1S/C34H41ClN4O8/c1-45-28-17-27(24-13-8-14-25(35)30(24)37-28)46-23-16-26-31(41)38-34(32(42)43)18-20(34)9-4-2-3-5-10-21(15-29(40)39(26)19-23)36-33(44)47-22-11-6-7-12-22/h4,8-9,13-14,17,20-23,26H,2-3,5-7,10-12,15-16,18-19H2,1H3,(H,36,44)(H,38,41)(H,42,43)/b9-4-/t20-,21-,23+,26-,34+/m0/s1. The Balaban J connectivity index is 1.26. The Labute approximate surface area is 278 Å². The Bertz CT molecular complexity index is 1560. The molecular weight excluding hydrogens is 628 g/mol. The molecule has 2 aliphatic carbocycles. The lowest BCUT2D eigenvalue weighted by Gasteiger charge is -2.27.